The molecule has 0 atom stereocenters. The Morgan fingerprint density at radius 3 is 2.75 bits per heavy atom. The number of rotatable bonds is 3. The van der Waals surface area contributed by atoms with Crippen LogP contribution in [0.15, 0.2) is 12.1 Å². The van der Waals surface area contributed by atoms with Crippen LogP contribution in [0.5, 0.6) is 0 Å². The van der Waals surface area contributed by atoms with Gasteiger partial charge in [-0.3, -0.25) is 0 Å². The van der Waals surface area contributed by atoms with E-state index in [4.69, 9.17) is 28.9 Å². The maximum atomic E-state index is 6.25. The second kappa shape index (κ2) is 4.90. The van der Waals surface area contributed by atoms with E-state index < -0.39 is 0 Å². The van der Waals surface area contributed by atoms with Crippen LogP contribution in [0.3, 0.4) is 0 Å². The second-order valence-corrected chi connectivity index (χ2v) is 6.47. The normalized spacial score (nSPS) is 16.9. The minimum Gasteiger partial charge on any atom is -0.399 e. The summed E-state index contributed by atoms with van der Waals surface area (Å²) >= 11 is 12.3. The number of aromatic nitrogens is 4. The Morgan fingerprint density at radius 1 is 1.35 bits per heavy atom. The molecule has 0 bridgehead atoms. The van der Waals surface area contributed by atoms with Gasteiger partial charge in [-0.25, -0.2) is 4.68 Å². The van der Waals surface area contributed by atoms with Crippen LogP contribution in [0, 0.1) is 5.41 Å². The highest BCUT2D eigenvalue weighted by atomic mass is 35.5. The van der Waals surface area contributed by atoms with Crippen molar-refractivity contribution in [2.24, 2.45) is 5.41 Å². The smallest absolute Gasteiger partial charge is 0.183 e. The Balaban J connectivity index is 2.01. The van der Waals surface area contributed by atoms with Crippen LogP contribution in [0.1, 0.15) is 26.2 Å². The van der Waals surface area contributed by atoms with E-state index in [1.54, 1.807) is 16.8 Å². The fourth-order valence-electron chi connectivity index (χ4n) is 2.58. The Bertz CT molecular complexity index is 648. The van der Waals surface area contributed by atoms with Crippen molar-refractivity contribution in [3.63, 3.8) is 0 Å². The molecule has 1 aliphatic carbocycles. The third-order valence-electron chi connectivity index (χ3n) is 3.92. The molecule has 3 rings (SSSR count). The fourth-order valence-corrected chi connectivity index (χ4v) is 3.00. The highest BCUT2D eigenvalue weighted by Gasteiger charge is 2.33. The predicted molar refractivity (Wildman–Crippen MR) is 79.6 cm³/mol. The van der Waals surface area contributed by atoms with Crippen molar-refractivity contribution in [2.75, 3.05) is 5.73 Å². The highest BCUT2D eigenvalue weighted by Crippen LogP contribution is 2.42. The van der Waals surface area contributed by atoms with E-state index >= 15 is 0 Å². The minimum absolute atomic E-state index is 0.265. The molecule has 1 fully saturated rings. The lowest BCUT2D eigenvalue weighted by molar-refractivity contribution is 0.126. The van der Waals surface area contributed by atoms with Gasteiger partial charge in [0.25, 0.3) is 0 Å². The lowest BCUT2D eigenvalue weighted by Crippen LogP contribution is -2.31. The Kier molecular flexibility index (Phi) is 3.34. The Labute approximate surface area is 127 Å². The number of benzene rings is 1. The first-order chi connectivity index (χ1) is 9.48. The molecule has 1 aromatic heterocycles. The van der Waals surface area contributed by atoms with Gasteiger partial charge in [0.15, 0.2) is 5.82 Å². The molecule has 2 aromatic rings. The minimum atomic E-state index is 0.265. The third-order valence-corrected chi connectivity index (χ3v) is 4.72. The number of nitrogens with two attached hydrogens (primary N) is 1. The van der Waals surface area contributed by atoms with E-state index in [1.807, 2.05) is 0 Å². The first-order valence-electron chi connectivity index (χ1n) is 6.50. The summed E-state index contributed by atoms with van der Waals surface area (Å²) in [5, 5.41) is 12.7. The van der Waals surface area contributed by atoms with Crippen LogP contribution >= 0.6 is 23.2 Å². The zero-order valence-electron chi connectivity index (χ0n) is 11.1. The molecule has 2 N–H and O–H groups in total. The molecule has 1 aliphatic rings. The zero-order chi connectivity index (χ0) is 14.3. The lowest BCUT2D eigenvalue weighted by Gasteiger charge is -2.38. The van der Waals surface area contributed by atoms with Crippen LogP contribution in [0.25, 0.3) is 11.4 Å². The maximum Gasteiger partial charge on any atom is 0.183 e. The largest absolute Gasteiger partial charge is 0.399 e. The van der Waals surface area contributed by atoms with E-state index in [-0.39, 0.29) is 5.41 Å². The summed E-state index contributed by atoms with van der Waals surface area (Å²) in [7, 11) is 0. The first-order valence-corrected chi connectivity index (χ1v) is 7.25. The van der Waals surface area contributed by atoms with Gasteiger partial charge in [0.05, 0.1) is 16.6 Å². The summed E-state index contributed by atoms with van der Waals surface area (Å²) in [6, 6.07) is 3.37. The summed E-state index contributed by atoms with van der Waals surface area (Å²) in [4.78, 5) is 0. The van der Waals surface area contributed by atoms with Crippen molar-refractivity contribution < 1.29 is 0 Å². The van der Waals surface area contributed by atoms with Crippen LogP contribution < -0.4 is 5.73 Å². The quantitative estimate of drug-likeness (QED) is 0.882. The number of hydrogen-bond donors (Lipinski definition) is 1. The summed E-state index contributed by atoms with van der Waals surface area (Å²) in [6.07, 6.45) is 3.65. The van der Waals surface area contributed by atoms with Crippen LogP contribution in [0.2, 0.25) is 10.0 Å². The van der Waals surface area contributed by atoms with Gasteiger partial charge in [-0.05, 0) is 40.8 Å². The number of hydrogen-bond acceptors (Lipinski definition) is 4. The average molecular weight is 312 g/mol. The van der Waals surface area contributed by atoms with E-state index in [2.05, 4.69) is 22.4 Å². The van der Waals surface area contributed by atoms with Gasteiger partial charge in [0, 0.05) is 11.3 Å². The first kappa shape index (κ1) is 13.6. The van der Waals surface area contributed by atoms with Crippen molar-refractivity contribution >= 4 is 28.9 Å². The van der Waals surface area contributed by atoms with Crippen LogP contribution in [-0.2, 0) is 6.54 Å². The lowest BCUT2D eigenvalue weighted by atomic mass is 9.70. The molecular weight excluding hydrogens is 297 g/mol. The predicted octanol–water partition coefficient (Wildman–Crippen LogP) is 3.42. The van der Waals surface area contributed by atoms with Crippen molar-refractivity contribution in [3.05, 3.63) is 22.2 Å². The van der Waals surface area contributed by atoms with Gasteiger partial charge in [0.2, 0.25) is 0 Å². The molecular formula is C13H15Cl2N5. The van der Waals surface area contributed by atoms with E-state index in [1.165, 1.54) is 19.3 Å². The molecule has 0 aliphatic heterocycles. The SMILES string of the molecule is CC1(Cn2nnnc2-c2cc(N)cc(Cl)c2Cl)CCC1. The summed E-state index contributed by atoms with van der Waals surface area (Å²) in [5.41, 5.74) is 7.30. The second-order valence-electron chi connectivity index (χ2n) is 5.69. The fraction of sp³-hybridized carbons (Fsp3) is 0.462. The van der Waals surface area contributed by atoms with Crippen LogP contribution in [0.4, 0.5) is 5.69 Å². The summed E-state index contributed by atoms with van der Waals surface area (Å²) in [5.74, 6) is 0.609. The van der Waals surface area contributed by atoms with Gasteiger partial charge in [-0.1, -0.05) is 36.5 Å². The molecule has 1 aromatic carbocycles. The molecule has 106 valence electrons. The van der Waals surface area contributed by atoms with Crippen LogP contribution in [-0.4, -0.2) is 20.2 Å². The molecule has 0 radical (unpaired) electrons. The number of nitrogen functional groups attached to an aromatic ring is 1. The molecule has 7 heteroatoms. The molecule has 1 heterocycles. The van der Waals surface area contributed by atoms with Gasteiger partial charge >= 0.3 is 0 Å². The van der Waals surface area contributed by atoms with Gasteiger partial charge in [0.1, 0.15) is 0 Å². The van der Waals surface area contributed by atoms with Gasteiger partial charge in [-0.2, -0.15) is 0 Å². The molecule has 20 heavy (non-hydrogen) atoms. The third kappa shape index (κ3) is 2.36. The van der Waals surface area contributed by atoms with Crippen molar-refractivity contribution in [2.45, 2.75) is 32.7 Å². The number of anilines is 1. The molecule has 0 unspecified atom stereocenters. The number of nitrogens with zero attached hydrogens (tertiary/aromatic N) is 4. The van der Waals surface area contributed by atoms with Crippen molar-refractivity contribution in [1.29, 1.82) is 0 Å². The Morgan fingerprint density at radius 2 is 2.10 bits per heavy atom. The van der Waals surface area contributed by atoms with Crippen molar-refractivity contribution in [1.82, 2.24) is 20.2 Å². The average Bonchev–Trinajstić information content (AvgIpc) is 2.79. The van der Waals surface area contributed by atoms with E-state index in [0.29, 0.717) is 27.1 Å². The number of halogens is 2. The topological polar surface area (TPSA) is 69.6 Å². The molecule has 1 saturated carbocycles. The van der Waals surface area contributed by atoms with E-state index in [9.17, 15) is 0 Å². The number of tetrazole rings is 1. The molecule has 5 nitrogen and oxygen atoms in total. The van der Waals surface area contributed by atoms with E-state index in [0.717, 1.165) is 6.54 Å². The zero-order valence-corrected chi connectivity index (χ0v) is 12.6. The Hall–Kier alpha value is -1.33. The maximum absolute atomic E-state index is 6.25. The van der Waals surface area contributed by atoms with Gasteiger partial charge < -0.3 is 5.73 Å². The molecule has 0 spiro atoms. The summed E-state index contributed by atoms with van der Waals surface area (Å²) < 4.78 is 1.79. The monoisotopic (exact) mass is 311 g/mol. The standard InChI is InChI=1S/C13H15Cl2N5/c1-13(3-2-4-13)7-20-12(17-18-19-20)9-5-8(16)6-10(14)11(9)15/h5-6H,2-4,7,16H2,1H3. The van der Waals surface area contributed by atoms with Gasteiger partial charge in [-0.15, -0.1) is 5.10 Å². The molecule has 0 amide bonds. The molecule has 0 saturated heterocycles. The summed E-state index contributed by atoms with van der Waals surface area (Å²) in [6.45, 7) is 3.02. The van der Waals surface area contributed by atoms with Crippen molar-refractivity contribution in [3.8, 4) is 11.4 Å². The highest BCUT2D eigenvalue weighted by molar-refractivity contribution is 6.43.